The van der Waals surface area contributed by atoms with E-state index in [4.69, 9.17) is 0 Å². The highest BCUT2D eigenvalue weighted by Gasteiger charge is 2.39. The van der Waals surface area contributed by atoms with E-state index in [0.29, 0.717) is 13.1 Å². The summed E-state index contributed by atoms with van der Waals surface area (Å²) in [5.41, 5.74) is 3.21. The minimum atomic E-state index is -0.422. The number of anilines is 1. The number of benzene rings is 2. The van der Waals surface area contributed by atoms with Crippen molar-refractivity contribution in [2.45, 2.75) is 56.7 Å². The number of nitrogens with one attached hydrogen (secondary N) is 1. The number of hydrogen-bond donors (Lipinski definition) is 1. The lowest BCUT2D eigenvalue weighted by Gasteiger charge is -2.35. The normalized spacial score (nSPS) is 16.5. The molecule has 1 aliphatic rings. The third-order valence-electron chi connectivity index (χ3n) is 5.66. The molecule has 4 nitrogen and oxygen atoms in total. The fraction of sp³-hybridized carbons (Fsp3) is 0.462. The lowest BCUT2D eigenvalue weighted by atomic mass is 10.0. The maximum absolute atomic E-state index is 13.5. The molecule has 0 aliphatic carbocycles. The summed E-state index contributed by atoms with van der Waals surface area (Å²) in [4.78, 5) is 29.2. The number of para-hydroxylation sites is 1. The molecule has 0 aromatic heterocycles. The second-order valence-corrected chi connectivity index (χ2v) is 10.7. The maximum atomic E-state index is 13.5. The van der Waals surface area contributed by atoms with E-state index in [9.17, 15) is 9.59 Å². The van der Waals surface area contributed by atoms with Crippen LogP contribution in [0.1, 0.15) is 44.2 Å². The Morgan fingerprint density at radius 3 is 2.59 bits per heavy atom. The third kappa shape index (κ3) is 6.55. The SMILES string of the molecule is CCCCSCCCNC(=O)[C@H](C)[C@@H]1Sc2ccccc2N(Cc2ccc(C)cc2)C1=O. The number of aryl methyl sites for hydroxylation is 1. The monoisotopic (exact) mass is 470 g/mol. The summed E-state index contributed by atoms with van der Waals surface area (Å²) in [5, 5.41) is 2.63. The second-order valence-electron chi connectivity index (χ2n) is 8.32. The summed E-state index contributed by atoms with van der Waals surface area (Å²) >= 11 is 3.46. The van der Waals surface area contributed by atoms with Gasteiger partial charge in [-0.1, -0.05) is 62.2 Å². The van der Waals surface area contributed by atoms with Gasteiger partial charge in [0.05, 0.1) is 18.2 Å². The van der Waals surface area contributed by atoms with Gasteiger partial charge in [-0.3, -0.25) is 9.59 Å². The summed E-state index contributed by atoms with van der Waals surface area (Å²) in [6.07, 6.45) is 3.43. The molecule has 2 aromatic rings. The van der Waals surface area contributed by atoms with Gasteiger partial charge in [0.15, 0.2) is 0 Å². The zero-order valence-electron chi connectivity index (χ0n) is 19.3. The van der Waals surface area contributed by atoms with Crippen LogP contribution >= 0.6 is 23.5 Å². The van der Waals surface area contributed by atoms with E-state index in [1.807, 2.05) is 47.9 Å². The van der Waals surface area contributed by atoms with Gasteiger partial charge in [0.2, 0.25) is 11.8 Å². The molecule has 6 heteroatoms. The zero-order chi connectivity index (χ0) is 22.9. The Bertz CT molecular complexity index is 901. The quantitative estimate of drug-likeness (QED) is 0.429. The average molecular weight is 471 g/mol. The molecule has 0 unspecified atom stereocenters. The number of amides is 2. The Kier molecular flexibility index (Phi) is 9.54. The first-order valence-electron chi connectivity index (χ1n) is 11.5. The van der Waals surface area contributed by atoms with Crippen molar-refractivity contribution < 1.29 is 9.59 Å². The lowest BCUT2D eigenvalue weighted by molar-refractivity contribution is -0.128. The topological polar surface area (TPSA) is 49.4 Å². The van der Waals surface area contributed by atoms with Gasteiger partial charge < -0.3 is 10.2 Å². The Morgan fingerprint density at radius 2 is 1.84 bits per heavy atom. The molecule has 32 heavy (non-hydrogen) atoms. The number of fused-ring (bicyclic) bond motifs is 1. The van der Waals surface area contributed by atoms with Crippen LogP contribution in [0, 0.1) is 12.8 Å². The number of hydrogen-bond acceptors (Lipinski definition) is 4. The fourth-order valence-electron chi connectivity index (χ4n) is 3.63. The van der Waals surface area contributed by atoms with Crippen LogP contribution in [0.15, 0.2) is 53.4 Å². The smallest absolute Gasteiger partial charge is 0.241 e. The Balaban J connectivity index is 1.64. The van der Waals surface area contributed by atoms with Crippen molar-refractivity contribution in [3.05, 3.63) is 59.7 Å². The molecular formula is C26H34N2O2S2. The van der Waals surface area contributed by atoms with Crippen molar-refractivity contribution in [1.29, 1.82) is 0 Å². The zero-order valence-corrected chi connectivity index (χ0v) is 20.9. The maximum Gasteiger partial charge on any atom is 0.241 e. The van der Waals surface area contributed by atoms with E-state index in [-0.39, 0.29) is 11.8 Å². The highest BCUT2D eigenvalue weighted by atomic mass is 32.2. The van der Waals surface area contributed by atoms with Crippen LogP contribution in [-0.4, -0.2) is 35.1 Å². The number of carbonyl (C=O) groups is 2. The molecule has 0 fully saturated rings. The molecule has 0 bridgehead atoms. The van der Waals surface area contributed by atoms with Gasteiger partial charge in [-0.25, -0.2) is 0 Å². The minimum absolute atomic E-state index is 0.00652. The van der Waals surface area contributed by atoms with E-state index in [0.717, 1.165) is 28.3 Å². The van der Waals surface area contributed by atoms with Crippen molar-refractivity contribution in [2.24, 2.45) is 5.92 Å². The molecule has 0 radical (unpaired) electrons. The number of rotatable bonds is 11. The minimum Gasteiger partial charge on any atom is -0.356 e. The molecule has 1 aliphatic heterocycles. The average Bonchev–Trinajstić information content (AvgIpc) is 2.80. The molecule has 0 saturated carbocycles. The summed E-state index contributed by atoms with van der Waals surface area (Å²) in [6.45, 7) is 7.31. The third-order valence-corrected chi connectivity index (χ3v) is 8.27. The van der Waals surface area contributed by atoms with Crippen LogP contribution in [0.25, 0.3) is 0 Å². The van der Waals surface area contributed by atoms with E-state index >= 15 is 0 Å². The molecule has 2 amide bonds. The first-order valence-corrected chi connectivity index (χ1v) is 13.5. The lowest BCUT2D eigenvalue weighted by Crippen LogP contribution is -2.47. The van der Waals surface area contributed by atoms with Gasteiger partial charge in [-0.15, -0.1) is 11.8 Å². The summed E-state index contributed by atoms with van der Waals surface area (Å²) in [5.74, 6) is 1.82. The molecule has 3 rings (SSSR count). The molecule has 0 spiro atoms. The van der Waals surface area contributed by atoms with Gasteiger partial charge in [0.25, 0.3) is 0 Å². The van der Waals surface area contributed by atoms with Crippen LogP contribution in [0.2, 0.25) is 0 Å². The van der Waals surface area contributed by atoms with E-state index in [2.05, 4.69) is 43.4 Å². The molecular weight excluding hydrogens is 436 g/mol. The van der Waals surface area contributed by atoms with Crippen molar-refractivity contribution >= 4 is 41.0 Å². The summed E-state index contributed by atoms with van der Waals surface area (Å²) in [7, 11) is 0. The Labute approximate surface area is 200 Å². The van der Waals surface area contributed by atoms with Crippen LogP contribution < -0.4 is 10.2 Å². The van der Waals surface area contributed by atoms with Crippen molar-refractivity contribution in [3.8, 4) is 0 Å². The Morgan fingerprint density at radius 1 is 1.12 bits per heavy atom. The highest BCUT2D eigenvalue weighted by molar-refractivity contribution is 8.01. The van der Waals surface area contributed by atoms with Gasteiger partial charge in [-0.05, 0) is 49.0 Å². The Hall–Kier alpha value is -1.92. The van der Waals surface area contributed by atoms with Crippen LogP contribution in [0.4, 0.5) is 5.69 Å². The molecule has 0 saturated heterocycles. The van der Waals surface area contributed by atoms with E-state index in [1.165, 1.54) is 35.9 Å². The van der Waals surface area contributed by atoms with Crippen LogP contribution in [0.5, 0.6) is 0 Å². The van der Waals surface area contributed by atoms with Crippen LogP contribution in [0.3, 0.4) is 0 Å². The second kappa shape index (κ2) is 12.4. The van der Waals surface area contributed by atoms with E-state index in [1.54, 1.807) is 0 Å². The van der Waals surface area contributed by atoms with Gasteiger partial charge in [0.1, 0.15) is 5.25 Å². The fourth-order valence-corrected chi connectivity index (χ4v) is 5.96. The van der Waals surface area contributed by atoms with Crippen molar-refractivity contribution in [1.82, 2.24) is 5.32 Å². The number of unbranched alkanes of at least 4 members (excludes halogenated alkanes) is 1. The number of thioether (sulfide) groups is 2. The van der Waals surface area contributed by atoms with Crippen LogP contribution in [-0.2, 0) is 16.1 Å². The largest absolute Gasteiger partial charge is 0.356 e. The first-order chi connectivity index (χ1) is 15.5. The highest BCUT2D eigenvalue weighted by Crippen LogP contribution is 2.42. The summed E-state index contributed by atoms with van der Waals surface area (Å²) in [6, 6.07) is 16.3. The van der Waals surface area contributed by atoms with Gasteiger partial charge >= 0.3 is 0 Å². The van der Waals surface area contributed by atoms with Gasteiger partial charge in [-0.2, -0.15) is 11.8 Å². The number of nitrogens with zero attached hydrogens (tertiary/aromatic N) is 1. The predicted octanol–water partition coefficient (Wildman–Crippen LogP) is 5.68. The van der Waals surface area contributed by atoms with E-state index < -0.39 is 11.2 Å². The predicted molar refractivity (Wildman–Crippen MR) is 137 cm³/mol. The molecule has 1 heterocycles. The molecule has 1 N–H and O–H groups in total. The summed E-state index contributed by atoms with van der Waals surface area (Å²) < 4.78 is 0. The standard InChI is InChI=1S/C26H34N2O2S2/c1-4-5-16-31-17-8-15-27-25(29)20(3)24-26(30)28(18-21-13-11-19(2)12-14-21)22-9-6-7-10-23(22)32-24/h6-7,9-14,20,24H,4-5,8,15-18H2,1-3H3,(H,27,29)/t20-,24+/m1/s1. The molecule has 2 aromatic carbocycles. The molecule has 172 valence electrons. The molecule has 2 atom stereocenters. The van der Waals surface area contributed by atoms with Crippen molar-refractivity contribution in [3.63, 3.8) is 0 Å². The first kappa shape index (κ1) is 24.7. The van der Waals surface area contributed by atoms with Gasteiger partial charge in [0, 0.05) is 11.4 Å². The number of carbonyl (C=O) groups excluding carboxylic acids is 2. The van der Waals surface area contributed by atoms with Crippen molar-refractivity contribution in [2.75, 3.05) is 23.0 Å².